The summed E-state index contributed by atoms with van der Waals surface area (Å²) in [6.07, 6.45) is 3.38. The predicted octanol–water partition coefficient (Wildman–Crippen LogP) is 4.28. The maximum Gasteiger partial charge on any atom is 0.407 e. The first kappa shape index (κ1) is 17.0. The molecular formula is C15H29NO2. The largest absolute Gasteiger partial charge is 0.447 e. The molecule has 0 spiro atoms. The number of allylic oxidation sites excluding steroid dienone is 1. The maximum atomic E-state index is 11.7. The van der Waals surface area contributed by atoms with E-state index in [2.05, 4.69) is 32.7 Å². The van der Waals surface area contributed by atoms with E-state index in [0.717, 1.165) is 31.3 Å². The smallest absolute Gasteiger partial charge is 0.407 e. The number of nitrogens with one attached hydrogen (secondary N) is 1. The van der Waals surface area contributed by atoms with Crippen LogP contribution in [0.2, 0.25) is 0 Å². The van der Waals surface area contributed by atoms with Gasteiger partial charge in [-0.05, 0) is 39.0 Å². The van der Waals surface area contributed by atoms with E-state index in [1.54, 1.807) is 0 Å². The van der Waals surface area contributed by atoms with E-state index in [9.17, 15) is 4.79 Å². The second-order valence-electron chi connectivity index (χ2n) is 5.26. The topological polar surface area (TPSA) is 38.3 Å². The summed E-state index contributed by atoms with van der Waals surface area (Å²) in [7, 11) is 0. The third-order valence-corrected chi connectivity index (χ3v) is 3.36. The molecule has 0 aliphatic rings. The zero-order valence-corrected chi connectivity index (χ0v) is 12.6. The SMILES string of the molecule is C=C(C)CC[C@@H](C)OC(=O)N[C@@H](CC)[C@H](C)CC. The monoisotopic (exact) mass is 255 g/mol. The van der Waals surface area contributed by atoms with Crippen LogP contribution in [0.5, 0.6) is 0 Å². The minimum atomic E-state index is -0.295. The van der Waals surface area contributed by atoms with Crippen molar-refractivity contribution in [1.82, 2.24) is 5.32 Å². The van der Waals surface area contributed by atoms with Gasteiger partial charge in [0.05, 0.1) is 0 Å². The van der Waals surface area contributed by atoms with Crippen LogP contribution in [0.25, 0.3) is 0 Å². The Balaban J connectivity index is 4.04. The van der Waals surface area contributed by atoms with Gasteiger partial charge in [0.25, 0.3) is 0 Å². The summed E-state index contributed by atoms with van der Waals surface area (Å²) in [6, 6.07) is 0.204. The van der Waals surface area contributed by atoms with Gasteiger partial charge >= 0.3 is 6.09 Å². The number of carbonyl (C=O) groups excluding carboxylic acids is 1. The van der Waals surface area contributed by atoms with Crippen LogP contribution in [0.3, 0.4) is 0 Å². The standard InChI is InChI=1S/C15H29NO2/c1-7-12(5)14(8-2)16-15(17)18-13(6)10-9-11(3)4/h12-14H,3,7-10H2,1-2,4-6H3,(H,16,17)/t12-,13-,14+/m1/s1. The molecule has 0 fully saturated rings. The molecule has 0 rings (SSSR count). The molecule has 0 aromatic carbocycles. The van der Waals surface area contributed by atoms with Gasteiger partial charge in [0.2, 0.25) is 0 Å². The Morgan fingerprint density at radius 2 is 1.89 bits per heavy atom. The van der Waals surface area contributed by atoms with Gasteiger partial charge in [-0.2, -0.15) is 0 Å². The van der Waals surface area contributed by atoms with Crippen molar-refractivity contribution in [2.45, 2.75) is 72.4 Å². The number of hydrogen-bond acceptors (Lipinski definition) is 2. The number of carbonyl (C=O) groups is 1. The van der Waals surface area contributed by atoms with Gasteiger partial charge in [-0.3, -0.25) is 0 Å². The van der Waals surface area contributed by atoms with Gasteiger partial charge in [0.1, 0.15) is 6.10 Å². The van der Waals surface area contributed by atoms with Crippen LogP contribution in [0.15, 0.2) is 12.2 Å². The zero-order valence-electron chi connectivity index (χ0n) is 12.6. The molecule has 0 aromatic rings. The Hall–Kier alpha value is -0.990. The summed E-state index contributed by atoms with van der Waals surface area (Å²) in [6.45, 7) is 14.1. The van der Waals surface area contributed by atoms with Crippen molar-refractivity contribution < 1.29 is 9.53 Å². The van der Waals surface area contributed by atoms with Crippen LogP contribution in [0.1, 0.15) is 60.3 Å². The third-order valence-electron chi connectivity index (χ3n) is 3.36. The normalized spacial score (nSPS) is 15.6. The lowest BCUT2D eigenvalue weighted by Gasteiger charge is -2.23. The second kappa shape index (κ2) is 9.01. The molecule has 0 aliphatic heterocycles. The fraction of sp³-hybridized carbons (Fsp3) is 0.800. The van der Waals surface area contributed by atoms with E-state index in [1.165, 1.54) is 0 Å². The summed E-state index contributed by atoms with van der Waals surface area (Å²) in [5.74, 6) is 0.480. The van der Waals surface area contributed by atoms with Gasteiger partial charge < -0.3 is 10.1 Å². The van der Waals surface area contributed by atoms with Crippen molar-refractivity contribution in [3.8, 4) is 0 Å². The van der Waals surface area contributed by atoms with E-state index in [1.807, 2.05) is 13.8 Å². The molecule has 3 heteroatoms. The molecule has 3 nitrogen and oxygen atoms in total. The Bertz CT molecular complexity index is 263. The second-order valence-corrected chi connectivity index (χ2v) is 5.26. The first-order valence-electron chi connectivity index (χ1n) is 7.02. The van der Waals surface area contributed by atoms with Gasteiger partial charge in [-0.15, -0.1) is 6.58 Å². The fourth-order valence-electron chi connectivity index (χ4n) is 1.81. The van der Waals surface area contributed by atoms with Crippen molar-refractivity contribution in [1.29, 1.82) is 0 Å². The minimum absolute atomic E-state index is 0.0591. The molecule has 0 aromatic heterocycles. The van der Waals surface area contributed by atoms with Gasteiger partial charge in [-0.25, -0.2) is 4.79 Å². The highest BCUT2D eigenvalue weighted by atomic mass is 16.6. The van der Waals surface area contributed by atoms with Crippen LogP contribution < -0.4 is 5.32 Å². The summed E-state index contributed by atoms with van der Waals surface area (Å²) in [5, 5.41) is 2.95. The molecule has 0 radical (unpaired) electrons. The van der Waals surface area contributed by atoms with Crippen molar-refractivity contribution in [2.24, 2.45) is 5.92 Å². The molecule has 0 unspecified atom stereocenters. The number of alkyl carbamates (subject to hydrolysis) is 1. The highest BCUT2D eigenvalue weighted by molar-refractivity contribution is 5.67. The van der Waals surface area contributed by atoms with E-state index < -0.39 is 0 Å². The van der Waals surface area contributed by atoms with Crippen LogP contribution in [0.4, 0.5) is 4.79 Å². The number of rotatable bonds is 8. The van der Waals surface area contributed by atoms with Crippen LogP contribution in [-0.4, -0.2) is 18.2 Å². The Labute approximate surface area is 112 Å². The molecular weight excluding hydrogens is 226 g/mol. The average molecular weight is 255 g/mol. The lowest BCUT2D eigenvalue weighted by molar-refractivity contribution is 0.0962. The predicted molar refractivity (Wildman–Crippen MR) is 76.7 cm³/mol. The molecule has 1 amide bonds. The average Bonchev–Trinajstić information content (AvgIpc) is 2.32. The number of ether oxygens (including phenoxy) is 1. The summed E-state index contributed by atoms with van der Waals surface area (Å²) in [4.78, 5) is 11.7. The van der Waals surface area contributed by atoms with Crippen molar-refractivity contribution >= 4 is 6.09 Å². The lowest BCUT2D eigenvalue weighted by atomic mass is 9.97. The van der Waals surface area contributed by atoms with Crippen molar-refractivity contribution in [3.63, 3.8) is 0 Å². The first-order chi connectivity index (χ1) is 8.40. The quantitative estimate of drug-likeness (QED) is 0.657. The van der Waals surface area contributed by atoms with E-state index in [0.29, 0.717) is 5.92 Å². The van der Waals surface area contributed by atoms with Gasteiger partial charge in [0.15, 0.2) is 0 Å². The first-order valence-corrected chi connectivity index (χ1v) is 7.02. The highest BCUT2D eigenvalue weighted by Gasteiger charge is 2.18. The maximum absolute atomic E-state index is 11.7. The van der Waals surface area contributed by atoms with E-state index in [-0.39, 0.29) is 18.2 Å². The zero-order chi connectivity index (χ0) is 14.1. The van der Waals surface area contributed by atoms with Gasteiger partial charge in [0, 0.05) is 6.04 Å². The van der Waals surface area contributed by atoms with Gasteiger partial charge in [-0.1, -0.05) is 32.8 Å². The molecule has 0 aliphatic carbocycles. The summed E-state index contributed by atoms with van der Waals surface area (Å²) in [5.41, 5.74) is 1.12. The Morgan fingerprint density at radius 3 is 2.33 bits per heavy atom. The molecule has 3 atom stereocenters. The molecule has 0 saturated heterocycles. The number of amides is 1. The fourth-order valence-corrected chi connectivity index (χ4v) is 1.81. The lowest BCUT2D eigenvalue weighted by Crippen LogP contribution is -2.40. The summed E-state index contributed by atoms with van der Waals surface area (Å²) >= 11 is 0. The molecule has 18 heavy (non-hydrogen) atoms. The van der Waals surface area contributed by atoms with E-state index >= 15 is 0 Å². The van der Waals surface area contributed by atoms with Crippen molar-refractivity contribution in [3.05, 3.63) is 12.2 Å². The number of hydrogen-bond donors (Lipinski definition) is 1. The van der Waals surface area contributed by atoms with Crippen LogP contribution in [-0.2, 0) is 4.74 Å². The molecule has 0 bridgehead atoms. The molecule has 1 N–H and O–H groups in total. The van der Waals surface area contributed by atoms with Crippen LogP contribution >= 0.6 is 0 Å². The Kier molecular flexibility index (Phi) is 8.51. The van der Waals surface area contributed by atoms with Crippen LogP contribution in [0, 0.1) is 5.92 Å². The molecule has 0 heterocycles. The highest BCUT2D eigenvalue weighted by Crippen LogP contribution is 2.12. The minimum Gasteiger partial charge on any atom is -0.447 e. The third kappa shape index (κ3) is 7.36. The van der Waals surface area contributed by atoms with Crippen molar-refractivity contribution in [2.75, 3.05) is 0 Å². The summed E-state index contributed by atoms with van der Waals surface area (Å²) < 4.78 is 5.34. The Morgan fingerprint density at radius 1 is 1.28 bits per heavy atom. The van der Waals surface area contributed by atoms with E-state index in [4.69, 9.17) is 4.74 Å². The molecule has 0 saturated carbocycles. The molecule has 106 valence electrons.